The molecule has 4 rings (SSSR count). The van der Waals surface area contributed by atoms with Gasteiger partial charge in [-0.15, -0.1) is 0 Å². The molecule has 0 bridgehead atoms. The van der Waals surface area contributed by atoms with Gasteiger partial charge in [-0.1, -0.05) is 41.0 Å². The number of hydrogen-bond acceptors (Lipinski definition) is 2. The van der Waals surface area contributed by atoms with E-state index in [0.717, 1.165) is 24.7 Å². The highest BCUT2D eigenvalue weighted by Gasteiger charge is 2.60. The Morgan fingerprint density at radius 2 is 1.74 bits per heavy atom. The number of piperidine rings is 1. The molecule has 2 amide bonds. The third-order valence-electron chi connectivity index (χ3n) is 9.68. The molecule has 4 aliphatic rings. The average molecular weight is 431 g/mol. The molecule has 31 heavy (non-hydrogen) atoms. The molecule has 1 heterocycles. The van der Waals surface area contributed by atoms with Crippen LogP contribution in [0.5, 0.6) is 0 Å². The number of fused-ring (bicyclic) bond motifs is 5. The van der Waals surface area contributed by atoms with Crippen molar-refractivity contribution in [2.24, 2.45) is 39.9 Å². The van der Waals surface area contributed by atoms with E-state index in [2.05, 4.69) is 59.1 Å². The molecule has 4 fully saturated rings. The molecule has 176 valence electrons. The van der Waals surface area contributed by atoms with Crippen molar-refractivity contribution < 1.29 is 9.59 Å². The van der Waals surface area contributed by atoms with E-state index >= 15 is 0 Å². The maximum absolute atomic E-state index is 13.3. The van der Waals surface area contributed by atoms with E-state index in [1.165, 1.54) is 38.5 Å². The van der Waals surface area contributed by atoms with E-state index in [9.17, 15) is 9.59 Å². The van der Waals surface area contributed by atoms with E-state index in [4.69, 9.17) is 0 Å². The zero-order valence-electron chi connectivity index (χ0n) is 21.1. The third-order valence-corrected chi connectivity index (χ3v) is 9.68. The minimum Gasteiger partial charge on any atom is -0.352 e. The molecule has 3 saturated carbocycles. The summed E-state index contributed by atoms with van der Waals surface area (Å²) in [5.41, 5.74) is 0.376. The summed E-state index contributed by atoms with van der Waals surface area (Å²) in [6.07, 6.45) is 10.7. The quantitative estimate of drug-likeness (QED) is 0.585. The molecule has 2 N–H and O–H groups in total. The Morgan fingerprint density at radius 3 is 2.42 bits per heavy atom. The lowest BCUT2D eigenvalue weighted by Crippen LogP contribution is -2.65. The molecule has 3 aliphatic carbocycles. The molecule has 2 unspecified atom stereocenters. The minimum absolute atomic E-state index is 0.0386. The van der Waals surface area contributed by atoms with Gasteiger partial charge in [-0.25, -0.2) is 0 Å². The summed E-state index contributed by atoms with van der Waals surface area (Å²) in [5, 5.41) is 6.57. The van der Waals surface area contributed by atoms with Crippen LogP contribution in [0.1, 0.15) is 106 Å². The summed E-state index contributed by atoms with van der Waals surface area (Å²) >= 11 is 0. The van der Waals surface area contributed by atoms with Gasteiger partial charge in [0.05, 0.1) is 0 Å². The predicted octanol–water partition coefficient (Wildman–Crippen LogP) is 5.45. The van der Waals surface area contributed by atoms with E-state index in [1.807, 2.05) is 0 Å². The average Bonchev–Trinajstić information content (AvgIpc) is 3.01. The fourth-order valence-corrected chi connectivity index (χ4v) is 8.79. The molecule has 0 spiro atoms. The fourth-order valence-electron chi connectivity index (χ4n) is 8.79. The maximum Gasteiger partial charge on any atom is 0.233 e. The maximum atomic E-state index is 13.3. The van der Waals surface area contributed by atoms with Crippen molar-refractivity contribution in [3.8, 4) is 0 Å². The van der Waals surface area contributed by atoms with Crippen molar-refractivity contribution in [1.82, 2.24) is 10.6 Å². The van der Waals surface area contributed by atoms with Gasteiger partial charge >= 0.3 is 0 Å². The molecule has 1 aliphatic heterocycles. The summed E-state index contributed by atoms with van der Waals surface area (Å²) in [6.45, 7) is 15.7. The molecular weight excluding hydrogens is 384 g/mol. The van der Waals surface area contributed by atoms with Crippen molar-refractivity contribution in [3.05, 3.63) is 0 Å². The molecule has 0 radical (unpaired) electrons. The lowest BCUT2D eigenvalue weighted by atomic mass is 9.47. The lowest BCUT2D eigenvalue weighted by molar-refractivity contribution is -0.151. The Morgan fingerprint density at radius 1 is 1.03 bits per heavy atom. The topological polar surface area (TPSA) is 58.2 Å². The van der Waals surface area contributed by atoms with Crippen LogP contribution in [0.4, 0.5) is 0 Å². The highest BCUT2D eigenvalue weighted by Crippen LogP contribution is 2.64. The third kappa shape index (κ3) is 4.17. The first kappa shape index (κ1) is 23.1. The van der Waals surface area contributed by atoms with Crippen LogP contribution in [-0.2, 0) is 9.59 Å². The van der Waals surface area contributed by atoms with Crippen LogP contribution in [-0.4, -0.2) is 23.4 Å². The normalized spacial score (nSPS) is 42.8. The van der Waals surface area contributed by atoms with Crippen molar-refractivity contribution >= 4 is 11.8 Å². The largest absolute Gasteiger partial charge is 0.352 e. The van der Waals surface area contributed by atoms with Gasteiger partial charge in [-0.3, -0.25) is 9.59 Å². The van der Waals surface area contributed by atoms with E-state index in [0.29, 0.717) is 17.8 Å². The van der Waals surface area contributed by atoms with Crippen molar-refractivity contribution in [2.75, 3.05) is 0 Å². The van der Waals surface area contributed by atoms with Gasteiger partial charge in [0.15, 0.2) is 0 Å². The van der Waals surface area contributed by atoms with Gasteiger partial charge in [0.2, 0.25) is 11.8 Å². The molecular formula is C27H46N2O2. The number of hydrogen-bond donors (Lipinski definition) is 2. The van der Waals surface area contributed by atoms with E-state index in [1.54, 1.807) is 0 Å². The second kappa shape index (κ2) is 7.48. The van der Waals surface area contributed by atoms with Gasteiger partial charge in [-0.2, -0.15) is 0 Å². The molecule has 0 aromatic carbocycles. The highest BCUT2D eigenvalue weighted by molar-refractivity contribution is 6.01. The smallest absolute Gasteiger partial charge is 0.233 e. The summed E-state index contributed by atoms with van der Waals surface area (Å²) in [7, 11) is 0. The van der Waals surface area contributed by atoms with Crippen LogP contribution < -0.4 is 10.6 Å². The van der Waals surface area contributed by atoms with Crippen LogP contribution in [0, 0.1) is 39.9 Å². The Bertz CT molecular complexity index is 738. The second-order valence-electron chi connectivity index (χ2n) is 14.0. The molecule has 7 atom stereocenters. The van der Waals surface area contributed by atoms with Crippen molar-refractivity contribution in [1.29, 1.82) is 0 Å². The highest BCUT2D eigenvalue weighted by atomic mass is 16.2. The first-order valence-corrected chi connectivity index (χ1v) is 12.9. The van der Waals surface area contributed by atoms with Crippen LogP contribution in [0.25, 0.3) is 0 Å². The molecule has 0 aromatic rings. The minimum atomic E-state index is -0.559. The van der Waals surface area contributed by atoms with Crippen molar-refractivity contribution in [2.45, 2.75) is 118 Å². The second-order valence-corrected chi connectivity index (χ2v) is 14.0. The number of nitrogens with one attached hydrogen (secondary N) is 2. The van der Waals surface area contributed by atoms with Gasteiger partial charge < -0.3 is 10.6 Å². The summed E-state index contributed by atoms with van der Waals surface area (Å²) in [4.78, 5) is 26.4. The Labute approximate surface area is 190 Å². The zero-order chi connectivity index (χ0) is 22.8. The van der Waals surface area contributed by atoms with Crippen LogP contribution >= 0.6 is 0 Å². The number of carbonyl (C=O) groups is 2. The molecule has 4 heteroatoms. The number of carbonyl (C=O) groups excluding carboxylic acids is 2. The van der Waals surface area contributed by atoms with E-state index in [-0.39, 0.29) is 34.2 Å². The SMILES string of the molecule is CC(C)(C)CC(C)(C)NC(=O)C1C[C@@]2(C)C(CC[C@@H]3[C@H]2CC[C@]2(C)CCC[C@@H]32)NC1=O. The van der Waals surface area contributed by atoms with Crippen molar-refractivity contribution in [3.63, 3.8) is 0 Å². The van der Waals surface area contributed by atoms with Gasteiger partial charge in [-0.05, 0) is 99.2 Å². The summed E-state index contributed by atoms with van der Waals surface area (Å²) < 4.78 is 0. The number of amides is 2. The predicted molar refractivity (Wildman–Crippen MR) is 125 cm³/mol. The summed E-state index contributed by atoms with van der Waals surface area (Å²) in [6, 6.07) is 0.235. The first-order valence-electron chi connectivity index (χ1n) is 12.9. The molecule has 1 saturated heterocycles. The van der Waals surface area contributed by atoms with Gasteiger partial charge in [0.25, 0.3) is 0 Å². The zero-order valence-corrected chi connectivity index (χ0v) is 21.1. The van der Waals surface area contributed by atoms with Gasteiger partial charge in [0.1, 0.15) is 5.92 Å². The van der Waals surface area contributed by atoms with Crippen LogP contribution in [0.15, 0.2) is 0 Å². The monoisotopic (exact) mass is 430 g/mol. The van der Waals surface area contributed by atoms with Gasteiger partial charge in [0, 0.05) is 11.6 Å². The first-order chi connectivity index (χ1) is 14.2. The van der Waals surface area contributed by atoms with Crippen LogP contribution in [0.2, 0.25) is 0 Å². The molecule has 0 aromatic heterocycles. The van der Waals surface area contributed by atoms with E-state index < -0.39 is 5.92 Å². The number of rotatable bonds is 3. The standard InChI is InChI=1S/C27H46N2O2/c1-24(2,3)16-25(4,5)29-23(31)18-15-27(7)20-12-14-26(6)13-8-9-19(26)17(20)10-11-21(27)28-22(18)30/h17-21H,8-16H2,1-7H3,(H,28,30)(H,29,31)/t17-,18?,19-,20+,21?,26-,27+/m0/s1. The fraction of sp³-hybridized carbons (Fsp3) is 0.926. The van der Waals surface area contributed by atoms with Crippen LogP contribution in [0.3, 0.4) is 0 Å². The summed E-state index contributed by atoms with van der Waals surface area (Å²) in [5.74, 6) is 1.58. The molecule has 4 nitrogen and oxygen atoms in total. The Hall–Kier alpha value is -1.06. The Kier molecular flexibility index (Phi) is 5.58. The lowest BCUT2D eigenvalue weighted by Gasteiger charge is -2.60. The Balaban J connectivity index is 1.52.